The average Bonchev–Trinajstić information content (AvgIpc) is 2.82. The minimum atomic E-state index is -0.992. The molecule has 6 heteroatoms. The quantitative estimate of drug-likeness (QED) is 0.725. The summed E-state index contributed by atoms with van der Waals surface area (Å²) in [5.74, 6) is 1.69. The van der Waals surface area contributed by atoms with Crippen molar-refractivity contribution >= 4 is 35.0 Å². The molecule has 0 aliphatic carbocycles. The fourth-order valence-electron chi connectivity index (χ4n) is 1.36. The zero-order valence-corrected chi connectivity index (χ0v) is 12.8. The second kappa shape index (κ2) is 8.22. The van der Waals surface area contributed by atoms with Crippen molar-refractivity contribution in [2.75, 3.05) is 18.1 Å². The smallest absolute Gasteiger partial charge is 0.345 e. The van der Waals surface area contributed by atoms with E-state index in [4.69, 9.17) is 5.11 Å². The van der Waals surface area contributed by atoms with Gasteiger partial charge in [0.1, 0.15) is 4.88 Å². The number of hydrogen-bond acceptors (Lipinski definition) is 4. The molecule has 2 N–H and O–H groups in total. The van der Waals surface area contributed by atoms with Gasteiger partial charge in [0.05, 0.1) is 4.88 Å². The molecule has 1 aromatic rings. The summed E-state index contributed by atoms with van der Waals surface area (Å²) in [7, 11) is 0. The molecule has 0 spiro atoms. The molecule has 0 fully saturated rings. The molecule has 0 radical (unpaired) electrons. The van der Waals surface area contributed by atoms with E-state index in [0.717, 1.165) is 29.3 Å². The van der Waals surface area contributed by atoms with Crippen LogP contribution >= 0.6 is 23.1 Å². The second-order valence-corrected chi connectivity index (χ2v) is 6.78. The van der Waals surface area contributed by atoms with Crippen molar-refractivity contribution in [3.05, 3.63) is 21.9 Å². The summed E-state index contributed by atoms with van der Waals surface area (Å²) in [4.78, 5) is 23.1. The fraction of sp³-hybridized carbons (Fsp3) is 0.538. The first kappa shape index (κ1) is 16.0. The van der Waals surface area contributed by atoms with E-state index in [1.54, 1.807) is 6.07 Å². The van der Waals surface area contributed by atoms with E-state index in [1.165, 1.54) is 6.07 Å². The first-order valence-corrected chi connectivity index (χ1v) is 8.17. The van der Waals surface area contributed by atoms with Crippen molar-refractivity contribution in [2.45, 2.75) is 20.3 Å². The molecule has 4 nitrogen and oxygen atoms in total. The Morgan fingerprint density at radius 1 is 1.37 bits per heavy atom. The van der Waals surface area contributed by atoms with E-state index in [0.29, 0.717) is 17.3 Å². The van der Waals surface area contributed by atoms with Crippen molar-refractivity contribution in [3.8, 4) is 0 Å². The summed E-state index contributed by atoms with van der Waals surface area (Å²) >= 11 is 2.89. The van der Waals surface area contributed by atoms with Gasteiger partial charge in [0, 0.05) is 6.54 Å². The Kier molecular flexibility index (Phi) is 6.94. The van der Waals surface area contributed by atoms with Crippen molar-refractivity contribution in [1.82, 2.24) is 5.32 Å². The summed E-state index contributed by atoms with van der Waals surface area (Å²) in [6.45, 7) is 5.00. The van der Waals surface area contributed by atoms with Crippen LogP contribution in [0.5, 0.6) is 0 Å². The number of carbonyl (C=O) groups is 2. The molecule has 1 amide bonds. The Morgan fingerprint density at radius 2 is 2.05 bits per heavy atom. The molecule has 0 atom stereocenters. The standard InChI is InChI=1S/C13H19NO3S2/c1-9(2)8-18-7-3-6-14-12(15)10-4-5-11(19-10)13(16)17/h4-5,9H,3,6-8H2,1-2H3,(H,14,15)(H,16,17). The van der Waals surface area contributed by atoms with Gasteiger partial charge in [0.25, 0.3) is 5.91 Å². The highest BCUT2D eigenvalue weighted by Crippen LogP contribution is 2.16. The number of carboxylic acids is 1. The lowest BCUT2D eigenvalue weighted by Gasteiger charge is -2.05. The Hall–Kier alpha value is -1.01. The zero-order chi connectivity index (χ0) is 14.3. The van der Waals surface area contributed by atoms with Gasteiger partial charge in [-0.15, -0.1) is 11.3 Å². The lowest BCUT2D eigenvalue weighted by Crippen LogP contribution is -2.23. The molecule has 106 valence electrons. The van der Waals surface area contributed by atoms with Crippen LogP contribution in [0.3, 0.4) is 0 Å². The molecule has 1 rings (SSSR count). The van der Waals surface area contributed by atoms with Gasteiger partial charge in [-0.3, -0.25) is 4.79 Å². The van der Waals surface area contributed by atoms with E-state index < -0.39 is 5.97 Å². The van der Waals surface area contributed by atoms with E-state index in [-0.39, 0.29) is 10.8 Å². The normalized spacial score (nSPS) is 10.7. The third-order valence-electron chi connectivity index (χ3n) is 2.24. The average molecular weight is 301 g/mol. The third kappa shape index (κ3) is 6.11. The largest absolute Gasteiger partial charge is 0.477 e. The molecule has 0 aliphatic heterocycles. The highest BCUT2D eigenvalue weighted by Gasteiger charge is 2.12. The van der Waals surface area contributed by atoms with Crippen molar-refractivity contribution < 1.29 is 14.7 Å². The van der Waals surface area contributed by atoms with Crippen LogP contribution in [0.1, 0.15) is 39.6 Å². The van der Waals surface area contributed by atoms with Crippen LogP contribution in [0.4, 0.5) is 0 Å². The molecular formula is C13H19NO3S2. The predicted molar refractivity (Wildman–Crippen MR) is 80.4 cm³/mol. The summed E-state index contributed by atoms with van der Waals surface area (Å²) in [6, 6.07) is 3.01. The lowest BCUT2D eigenvalue weighted by molar-refractivity contribution is 0.0702. The van der Waals surface area contributed by atoms with Gasteiger partial charge in [0.2, 0.25) is 0 Å². The fourth-order valence-corrected chi connectivity index (χ4v) is 3.10. The van der Waals surface area contributed by atoms with E-state index >= 15 is 0 Å². The van der Waals surface area contributed by atoms with Crippen molar-refractivity contribution in [1.29, 1.82) is 0 Å². The van der Waals surface area contributed by atoms with Gasteiger partial charge in [0.15, 0.2) is 0 Å². The number of nitrogens with one attached hydrogen (secondary N) is 1. The first-order valence-electron chi connectivity index (χ1n) is 6.19. The highest BCUT2D eigenvalue weighted by molar-refractivity contribution is 7.99. The van der Waals surface area contributed by atoms with Gasteiger partial charge in [-0.05, 0) is 36.0 Å². The monoisotopic (exact) mass is 301 g/mol. The molecule has 0 bridgehead atoms. The van der Waals surface area contributed by atoms with E-state index in [9.17, 15) is 9.59 Å². The van der Waals surface area contributed by atoms with Crippen LogP contribution in [-0.2, 0) is 0 Å². The third-order valence-corrected chi connectivity index (χ3v) is 4.79. The minimum Gasteiger partial charge on any atom is -0.477 e. The zero-order valence-electron chi connectivity index (χ0n) is 11.1. The first-order chi connectivity index (χ1) is 9.00. The summed E-state index contributed by atoms with van der Waals surface area (Å²) in [6.07, 6.45) is 0.931. The number of thiophene rings is 1. The summed E-state index contributed by atoms with van der Waals surface area (Å²) in [5.41, 5.74) is 0. The van der Waals surface area contributed by atoms with Gasteiger partial charge < -0.3 is 10.4 Å². The van der Waals surface area contributed by atoms with Crippen LogP contribution in [0.25, 0.3) is 0 Å². The Balaban J connectivity index is 2.22. The predicted octanol–water partition coefficient (Wildman–Crippen LogP) is 2.96. The van der Waals surface area contributed by atoms with Gasteiger partial charge in [-0.1, -0.05) is 13.8 Å². The number of aromatic carboxylic acids is 1. The van der Waals surface area contributed by atoms with Crippen molar-refractivity contribution in [3.63, 3.8) is 0 Å². The van der Waals surface area contributed by atoms with Gasteiger partial charge in [-0.25, -0.2) is 4.79 Å². The number of amides is 1. The maximum atomic E-state index is 11.7. The van der Waals surface area contributed by atoms with Crippen LogP contribution in [0.2, 0.25) is 0 Å². The van der Waals surface area contributed by atoms with Gasteiger partial charge >= 0.3 is 5.97 Å². The molecular weight excluding hydrogens is 282 g/mol. The highest BCUT2D eigenvalue weighted by atomic mass is 32.2. The SMILES string of the molecule is CC(C)CSCCCNC(=O)c1ccc(C(=O)O)s1. The molecule has 19 heavy (non-hydrogen) atoms. The van der Waals surface area contributed by atoms with E-state index in [1.807, 2.05) is 11.8 Å². The Labute approximate surface area is 121 Å². The number of thioether (sulfide) groups is 1. The summed E-state index contributed by atoms with van der Waals surface area (Å²) in [5, 5.41) is 11.6. The Bertz CT molecular complexity index is 429. The number of rotatable bonds is 8. The topological polar surface area (TPSA) is 66.4 Å². The lowest BCUT2D eigenvalue weighted by atomic mass is 10.3. The molecule has 0 unspecified atom stereocenters. The number of carbonyl (C=O) groups excluding carboxylic acids is 1. The molecule has 0 saturated heterocycles. The maximum Gasteiger partial charge on any atom is 0.345 e. The minimum absolute atomic E-state index is 0.189. The van der Waals surface area contributed by atoms with Crippen LogP contribution in [0.15, 0.2) is 12.1 Å². The van der Waals surface area contributed by atoms with Crippen LogP contribution < -0.4 is 5.32 Å². The molecule has 1 aromatic heterocycles. The number of hydrogen-bond donors (Lipinski definition) is 2. The molecule has 0 saturated carbocycles. The summed E-state index contributed by atoms with van der Waals surface area (Å²) < 4.78 is 0. The second-order valence-electron chi connectivity index (χ2n) is 4.55. The van der Waals surface area contributed by atoms with Crippen LogP contribution in [0, 0.1) is 5.92 Å². The number of carboxylic acid groups (broad SMARTS) is 1. The molecule has 1 heterocycles. The van der Waals surface area contributed by atoms with E-state index in [2.05, 4.69) is 19.2 Å². The Morgan fingerprint density at radius 3 is 2.63 bits per heavy atom. The maximum absolute atomic E-state index is 11.7. The van der Waals surface area contributed by atoms with Gasteiger partial charge in [-0.2, -0.15) is 11.8 Å². The molecule has 0 aromatic carbocycles. The molecule has 0 aliphatic rings. The van der Waals surface area contributed by atoms with Crippen LogP contribution in [-0.4, -0.2) is 35.0 Å². The van der Waals surface area contributed by atoms with Crippen molar-refractivity contribution in [2.24, 2.45) is 5.92 Å².